The highest BCUT2D eigenvalue weighted by atomic mass is 28.4. The Morgan fingerprint density at radius 3 is 2.04 bits per heavy atom. The van der Waals surface area contributed by atoms with Crippen LogP contribution in [-0.2, 0) is 17.5 Å². The lowest BCUT2D eigenvalue weighted by molar-refractivity contribution is 0.276. The van der Waals surface area contributed by atoms with E-state index in [1.54, 1.807) is 0 Å². The third-order valence-corrected chi connectivity index (χ3v) is 9.70. The van der Waals surface area contributed by atoms with E-state index >= 15 is 0 Å². The van der Waals surface area contributed by atoms with Gasteiger partial charge in [-0.1, -0.05) is 75.4 Å². The zero-order valence-corrected chi connectivity index (χ0v) is 17.0. The van der Waals surface area contributed by atoms with Gasteiger partial charge in [-0.15, -0.1) is 0 Å². The van der Waals surface area contributed by atoms with Gasteiger partial charge in [0.15, 0.2) is 8.32 Å². The summed E-state index contributed by atoms with van der Waals surface area (Å²) in [6.45, 7) is 12.0. The maximum atomic E-state index is 9.48. The van der Waals surface area contributed by atoms with Crippen LogP contribution >= 0.6 is 0 Å². The zero-order valence-electron chi connectivity index (χ0n) is 16.0. The summed E-state index contributed by atoms with van der Waals surface area (Å²) in [5, 5.41) is 9.70. The van der Waals surface area contributed by atoms with Crippen molar-refractivity contribution in [2.45, 2.75) is 57.8 Å². The zero-order chi connectivity index (χ0) is 18.5. The number of nitriles is 1. The van der Waals surface area contributed by atoms with Gasteiger partial charge in [0, 0.05) is 0 Å². The molecule has 3 heteroatoms. The highest BCUT2D eigenvalue weighted by Gasteiger charge is 2.36. The van der Waals surface area contributed by atoms with Gasteiger partial charge in [-0.25, -0.2) is 0 Å². The predicted octanol–water partition coefficient (Wildman–Crippen LogP) is 6.06. The standard InChI is InChI=1S/C22H29NOSi/c1-22(2,3)25(4,5)24-17-19-13-11-18(12-14-19)15-21(16-23)20-9-7-6-8-10-20/h6-14,21H,15,17H2,1-5H3. The summed E-state index contributed by atoms with van der Waals surface area (Å²) in [6.07, 6.45) is 0.740. The molecule has 0 spiro atoms. The monoisotopic (exact) mass is 351 g/mol. The van der Waals surface area contributed by atoms with Gasteiger partial charge >= 0.3 is 0 Å². The van der Waals surface area contributed by atoms with Crippen molar-refractivity contribution in [2.24, 2.45) is 0 Å². The van der Waals surface area contributed by atoms with Crippen molar-refractivity contribution in [3.8, 4) is 6.07 Å². The minimum Gasteiger partial charge on any atom is -0.413 e. The molecule has 0 saturated heterocycles. The second kappa shape index (κ2) is 7.99. The molecule has 0 amide bonds. The predicted molar refractivity (Wildman–Crippen MR) is 107 cm³/mol. The van der Waals surface area contributed by atoms with Crippen LogP contribution in [0.15, 0.2) is 54.6 Å². The Morgan fingerprint density at radius 1 is 0.960 bits per heavy atom. The second-order valence-electron chi connectivity index (χ2n) is 8.16. The maximum Gasteiger partial charge on any atom is 0.192 e. The van der Waals surface area contributed by atoms with E-state index in [9.17, 15) is 5.26 Å². The summed E-state index contributed by atoms with van der Waals surface area (Å²) in [5.41, 5.74) is 3.46. The lowest BCUT2D eigenvalue weighted by Gasteiger charge is -2.36. The summed E-state index contributed by atoms with van der Waals surface area (Å²) in [5.74, 6) is -0.101. The number of hydrogen-bond acceptors (Lipinski definition) is 2. The Kier molecular flexibility index (Phi) is 6.21. The van der Waals surface area contributed by atoms with E-state index in [1.807, 2.05) is 30.3 Å². The van der Waals surface area contributed by atoms with Crippen molar-refractivity contribution in [1.82, 2.24) is 0 Å². The molecule has 0 aliphatic heterocycles. The normalized spacial score (nSPS) is 13.3. The molecule has 2 nitrogen and oxygen atoms in total. The second-order valence-corrected chi connectivity index (χ2v) is 13.0. The van der Waals surface area contributed by atoms with Crippen molar-refractivity contribution in [1.29, 1.82) is 5.26 Å². The van der Waals surface area contributed by atoms with Crippen LogP contribution in [-0.4, -0.2) is 8.32 Å². The smallest absolute Gasteiger partial charge is 0.192 e. The topological polar surface area (TPSA) is 33.0 Å². The molecule has 0 heterocycles. The van der Waals surface area contributed by atoms with Crippen molar-refractivity contribution >= 4 is 8.32 Å². The molecule has 0 saturated carbocycles. The van der Waals surface area contributed by atoms with Gasteiger partial charge in [0.05, 0.1) is 18.6 Å². The lowest BCUT2D eigenvalue weighted by Crippen LogP contribution is -2.40. The first-order valence-corrected chi connectivity index (χ1v) is 11.8. The minimum absolute atomic E-state index is 0.101. The van der Waals surface area contributed by atoms with Crippen molar-refractivity contribution in [3.63, 3.8) is 0 Å². The number of benzene rings is 2. The van der Waals surface area contributed by atoms with Gasteiger partial charge in [-0.2, -0.15) is 5.26 Å². The average molecular weight is 352 g/mol. The molecular formula is C22H29NOSi. The first-order valence-electron chi connectivity index (χ1n) is 8.89. The molecule has 1 unspecified atom stereocenters. The Hall–Kier alpha value is -1.89. The summed E-state index contributed by atoms with van der Waals surface area (Å²) in [6, 6.07) is 20.9. The molecule has 0 aromatic heterocycles. The fourth-order valence-corrected chi connectivity index (χ4v) is 3.37. The molecule has 0 fully saturated rings. The largest absolute Gasteiger partial charge is 0.413 e. The van der Waals surface area contributed by atoms with Crippen molar-refractivity contribution in [3.05, 3.63) is 71.3 Å². The third kappa shape index (κ3) is 5.29. The number of hydrogen-bond donors (Lipinski definition) is 0. The van der Waals surface area contributed by atoms with Crippen LogP contribution in [0.2, 0.25) is 18.1 Å². The van der Waals surface area contributed by atoms with Crippen LogP contribution in [0.25, 0.3) is 0 Å². The van der Waals surface area contributed by atoms with Crippen molar-refractivity contribution < 1.29 is 4.43 Å². The van der Waals surface area contributed by atoms with Gasteiger partial charge in [0.2, 0.25) is 0 Å². The molecule has 2 aromatic rings. The lowest BCUT2D eigenvalue weighted by atomic mass is 9.93. The van der Waals surface area contributed by atoms with E-state index in [2.05, 4.69) is 64.2 Å². The Balaban J connectivity index is 1.99. The quantitative estimate of drug-likeness (QED) is 0.593. The van der Waals surface area contributed by atoms with E-state index in [4.69, 9.17) is 4.43 Å². The molecule has 1 atom stereocenters. The van der Waals surface area contributed by atoms with Crippen LogP contribution in [0.4, 0.5) is 0 Å². The molecule has 25 heavy (non-hydrogen) atoms. The third-order valence-electron chi connectivity index (χ3n) is 5.23. The van der Waals surface area contributed by atoms with Gasteiger partial charge in [0.1, 0.15) is 0 Å². The van der Waals surface area contributed by atoms with Gasteiger partial charge in [-0.05, 0) is 41.2 Å². The summed E-state index contributed by atoms with van der Waals surface area (Å²) < 4.78 is 6.28. The molecular weight excluding hydrogens is 322 g/mol. The van der Waals surface area contributed by atoms with Gasteiger partial charge in [0.25, 0.3) is 0 Å². The Labute approximate surface area is 153 Å². The molecule has 0 radical (unpaired) electrons. The highest BCUT2D eigenvalue weighted by Crippen LogP contribution is 2.37. The van der Waals surface area contributed by atoms with Gasteiger partial charge < -0.3 is 4.43 Å². The molecule has 0 bridgehead atoms. The molecule has 0 N–H and O–H groups in total. The summed E-state index contributed by atoms with van der Waals surface area (Å²) in [7, 11) is -1.72. The molecule has 0 aliphatic carbocycles. The number of rotatable bonds is 6. The fraction of sp³-hybridized carbons (Fsp3) is 0.409. The highest BCUT2D eigenvalue weighted by molar-refractivity contribution is 6.74. The fourth-order valence-electron chi connectivity index (χ4n) is 2.41. The average Bonchev–Trinajstić information content (AvgIpc) is 2.58. The maximum absolute atomic E-state index is 9.48. The van der Waals surface area contributed by atoms with Crippen LogP contribution in [0.5, 0.6) is 0 Å². The first-order chi connectivity index (χ1) is 11.7. The Bertz CT molecular complexity index is 708. The van der Waals surface area contributed by atoms with Crippen molar-refractivity contribution in [2.75, 3.05) is 0 Å². The summed E-state index contributed by atoms with van der Waals surface area (Å²) in [4.78, 5) is 0. The Morgan fingerprint density at radius 2 is 1.52 bits per heavy atom. The van der Waals surface area contributed by atoms with E-state index in [0.717, 1.165) is 12.0 Å². The minimum atomic E-state index is -1.72. The van der Waals surface area contributed by atoms with E-state index in [-0.39, 0.29) is 11.0 Å². The van der Waals surface area contributed by atoms with Crippen LogP contribution in [0.1, 0.15) is 43.4 Å². The SMILES string of the molecule is CC(C)(C)[Si](C)(C)OCc1ccc(CC(C#N)c2ccccc2)cc1. The van der Waals surface area contributed by atoms with Gasteiger partial charge in [-0.3, -0.25) is 0 Å². The van der Waals surface area contributed by atoms with Crippen LogP contribution < -0.4 is 0 Å². The summed E-state index contributed by atoms with van der Waals surface area (Å²) >= 11 is 0. The molecule has 132 valence electrons. The first kappa shape index (κ1) is 19.4. The van der Waals surface area contributed by atoms with Crippen LogP contribution in [0, 0.1) is 11.3 Å². The molecule has 0 aliphatic rings. The number of nitrogens with zero attached hydrogens (tertiary/aromatic N) is 1. The molecule has 2 aromatic carbocycles. The van der Waals surface area contributed by atoms with Crippen LogP contribution in [0.3, 0.4) is 0 Å². The van der Waals surface area contributed by atoms with E-state index < -0.39 is 8.32 Å². The van der Waals surface area contributed by atoms with E-state index in [0.29, 0.717) is 6.61 Å². The molecule has 2 rings (SSSR count). The van der Waals surface area contributed by atoms with E-state index in [1.165, 1.54) is 11.1 Å².